The first kappa shape index (κ1) is 21.0. The first-order valence-electron chi connectivity index (χ1n) is 8.26. The van der Waals surface area contributed by atoms with Gasteiger partial charge in [-0.2, -0.15) is 13.2 Å². The second-order valence-electron chi connectivity index (χ2n) is 6.07. The molecule has 27 heavy (non-hydrogen) atoms. The van der Waals surface area contributed by atoms with Gasteiger partial charge in [0, 0.05) is 27.2 Å². The molecule has 2 aromatic rings. The van der Waals surface area contributed by atoms with E-state index in [0.717, 1.165) is 16.4 Å². The molecule has 0 fully saturated rings. The summed E-state index contributed by atoms with van der Waals surface area (Å²) in [7, 11) is -0.701. The van der Waals surface area contributed by atoms with Crippen molar-refractivity contribution in [2.45, 2.75) is 24.5 Å². The van der Waals surface area contributed by atoms with E-state index in [1.54, 1.807) is 6.07 Å². The number of anilines is 2. The summed E-state index contributed by atoms with van der Waals surface area (Å²) >= 11 is 0. The van der Waals surface area contributed by atoms with Crippen LogP contribution >= 0.6 is 0 Å². The molecule has 2 N–H and O–H groups in total. The first-order chi connectivity index (χ1) is 12.6. The lowest BCUT2D eigenvalue weighted by atomic mass is 10.1. The highest BCUT2D eigenvalue weighted by atomic mass is 32.2. The van der Waals surface area contributed by atoms with Crippen LogP contribution in [0.3, 0.4) is 0 Å². The van der Waals surface area contributed by atoms with Crippen molar-refractivity contribution in [3.8, 4) is 0 Å². The smallest absolute Gasteiger partial charge is 0.384 e. The fraction of sp³-hybridized carbons (Fsp3) is 0.333. The molecule has 0 heterocycles. The Hall–Kier alpha value is -2.26. The van der Waals surface area contributed by atoms with Crippen molar-refractivity contribution in [3.05, 3.63) is 53.6 Å². The summed E-state index contributed by atoms with van der Waals surface area (Å²) in [5.74, 6) is 0. The number of halogens is 3. The summed E-state index contributed by atoms with van der Waals surface area (Å²) in [5.41, 5.74) is 1.20. The zero-order chi connectivity index (χ0) is 20.2. The normalized spacial score (nSPS) is 12.3. The Labute approximate surface area is 157 Å². The summed E-state index contributed by atoms with van der Waals surface area (Å²) < 4.78 is 63.7. The van der Waals surface area contributed by atoms with Gasteiger partial charge in [0.05, 0.1) is 21.8 Å². The minimum absolute atomic E-state index is 0.129. The van der Waals surface area contributed by atoms with Gasteiger partial charge in [-0.05, 0) is 42.8 Å². The average molecular weight is 401 g/mol. The molecule has 0 radical (unpaired) electrons. The van der Waals surface area contributed by atoms with Crippen molar-refractivity contribution in [2.75, 3.05) is 31.3 Å². The van der Waals surface area contributed by atoms with Crippen molar-refractivity contribution < 1.29 is 21.6 Å². The van der Waals surface area contributed by atoms with Crippen molar-refractivity contribution in [1.29, 1.82) is 0 Å². The number of benzene rings is 2. The van der Waals surface area contributed by atoms with Gasteiger partial charge in [0.2, 0.25) is 10.0 Å². The van der Waals surface area contributed by atoms with E-state index in [0.29, 0.717) is 23.5 Å². The summed E-state index contributed by atoms with van der Waals surface area (Å²) in [6, 6.07) is 9.51. The molecule has 0 unspecified atom stereocenters. The van der Waals surface area contributed by atoms with Crippen molar-refractivity contribution in [2.24, 2.45) is 0 Å². The van der Waals surface area contributed by atoms with Crippen LogP contribution in [0.4, 0.5) is 24.5 Å². The second-order valence-corrected chi connectivity index (χ2v) is 8.23. The maximum atomic E-state index is 12.6. The van der Waals surface area contributed by atoms with Gasteiger partial charge in [0.15, 0.2) is 0 Å². The predicted octanol–water partition coefficient (Wildman–Crippen LogP) is 4.00. The van der Waals surface area contributed by atoms with Crippen LogP contribution in [-0.2, 0) is 22.7 Å². The minimum atomic E-state index is -4.38. The molecule has 0 saturated heterocycles. The second kappa shape index (κ2) is 8.18. The van der Waals surface area contributed by atoms with Gasteiger partial charge in [-0.1, -0.05) is 12.1 Å². The number of sulfonamides is 1. The van der Waals surface area contributed by atoms with Crippen LogP contribution in [0.2, 0.25) is 0 Å². The molecule has 5 nitrogen and oxygen atoms in total. The Morgan fingerprint density at radius 1 is 0.963 bits per heavy atom. The number of hydrogen-bond acceptors (Lipinski definition) is 4. The highest BCUT2D eigenvalue weighted by Gasteiger charge is 2.29. The van der Waals surface area contributed by atoms with Crippen LogP contribution in [0.1, 0.15) is 18.1 Å². The lowest BCUT2D eigenvalue weighted by Crippen LogP contribution is -2.22. The summed E-state index contributed by atoms with van der Waals surface area (Å²) in [4.78, 5) is 0.129. The molecule has 148 valence electrons. The quantitative estimate of drug-likeness (QED) is 0.736. The largest absolute Gasteiger partial charge is 0.416 e. The molecule has 0 amide bonds. The van der Waals surface area contributed by atoms with Gasteiger partial charge in [-0.15, -0.1) is 0 Å². The zero-order valence-electron chi connectivity index (χ0n) is 15.3. The number of nitrogens with zero attached hydrogens (tertiary/aromatic N) is 1. The lowest BCUT2D eigenvalue weighted by Gasteiger charge is -2.17. The Balaban J connectivity index is 2.25. The molecular weight excluding hydrogens is 379 g/mol. The lowest BCUT2D eigenvalue weighted by molar-refractivity contribution is -0.137. The fourth-order valence-corrected chi connectivity index (χ4v) is 3.32. The number of rotatable bonds is 7. The molecule has 2 aromatic carbocycles. The number of hydrogen-bond donors (Lipinski definition) is 2. The van der Waals surface area contributed by atoms with E-state index in [2.05, 4.69) is 10.6 Å². The van der Waals surface area contributed by atoms with Crippen LogP contribution in [0.25, 0.3) is 0 Å². The highest BCUT2D eigenvalue weighted by molar-refractivity contribution is 7.89. The van der Waals surface area contributed by atoms with Crippen LogP contribution in [0.15, 0.2) is 47.4 Å². The van der Waals surface area contributed by atoms with Gasteiger partial charge >= 0.3 is 6.18 Å². The van der Waals surface area contributed by atoms with Crippen molar-refractivity contribution >= 4 is 21.4 Å². The molecule has 0 aromatic heterocycles. The highest BCUT2D eigenvalue weighted by Crippen LogP contribution is 2.30. The van der Waals surface area contributed by atoms with Gasteiger partial charge in [-0.25, -0.2) is 12.7 Å². The van der Waals surface area contributed by atoms with Crippen LogP contribution in [-0.4, -0.2) is 33.4 Å². The molecule has 0 bridgehead atoms. The van der Waals surface area contributed by atoms with E-state index in [4.69, 9.17) is 0 Å². The molecule has 0 aliphatic heterocycles. The number of nitrogens with one attached hydrogen (secondary N) is 2. The third kappa shape index (κ3) is 5.14. The molecule has 0 spiro atoms. The van der Waals surface area contributed by atoms with Gasteiger partial charge in [0.25, 0.3) is 0 Å². The molecule has 0 atom stereocenters. The standard InChI is InChI=1S/C18H22F3N3O2S/c1-4-22-16-10-9-15(27(25,26)24(2)3)11-17(16)23-12-13-5-7-14(8-6-13)18(19,20)21/h5-11,22-23H,4,12H2,1-3H3. The fourth-order valence-electron chi connectivity index (χ4n) is 2.39. The van der Waals surface area contributed by atoms with Crippen LogP contribution < -0.4 is 10.6 Å². The Bertz CT molecular complexity index is 880. The molecule has 2 rings (SSSR count). The van der Waals surface area contributed by atoms with Crippen LogP contribution in [0.5, 0.6) is 0 Å². The van der Waals surface area contributed by atoms with E-state index in [-0.39, 0.29) is 11.4 Å². The molecule has 0 saturated carbocycles. The zero-order valence-corrected chi connectivity index (χ0v) is 16.1. The van der Waals surface area contributed by atoms with Gasteiger partial charge in [-0.3, -0.25) is 0 Å². The maximum absolute atomic E-state index is 12.6. The summed E-state index contributed by atoms with van der Waals surface area (Å²) in [6.07, 6.45) is -4.38. The van der Waals surface area contributed by atoms with Crippen molar-refractivity contribution in [3.63, 3.8) is 0 Å². The molecule has 0 aliphatic rings. The van der Waals surface area contributed by atoms with E-state index < -0.39 is 21.8 Å². The SMILES string of the molecule is CCNc1ccc(S(=O)(=O)N(C)C)cc1NCc1ccc(C(F)(F)F)cc1. The van der Waals surface area contributed by atoms with Gasteiger partial charge in [0.1, 0.15) is 0 Å². The van der Waals surface area contributed by atoms with Gasteiger partial charge < -0.3 is 10.6 Å². The maximum Gasteiger partial charge on any atom is 0.416 e. The Kier molecular flexibility index (Phi) is 6.38. The average Bonchev–Trinajstić information content (AvgIpc) is 2.60. The van der Waals surface area contributed by atoms with E-state index >= 15 is 0 Å². The Morgan fingerprint density at radius 2 is 1.59 bits per heavy atom. The van der Waals surface area contributed by atoms with Crippen molar-refractivity contribution in [1.82, 2.24) is 4.31 Å². The number of alkyl halides is 3. The predicted molar refractivity (Wildman–Crippen MR) is 100 cm³/mol. The topological polar surface area (TPSA) is 61.4 Å². The summed E-state index contributed by atoms with van der Waals surface area (Å²) in [5, 5.41) is 6.23. The molecule has 0 aliphatic carbocycles. The minimum Gasteiger partial charge on any atom is -0.384 e. The van der Waals surface area contributed by atoms with E-state index in [1.807, 2.05) is 6.92 Å². The third-order valence-corrected chi connectivity index (χ3v) is 5.71. The van der Waals surface area contributed by atoms with E-state index in [1.165, 1.54) is 38.4 Å². The first-order valence-corrected chi connectivity index (χ1v) is 9.70. The monoisotopic (exact) mass is 401 g/mol. The Morgan fingerprint density at radius 3 is 2.11 bits per heavy atom. The van der Waals surface area contributed by atoms with Crippen LogP contribution in [0, 0.1) is 0 Å². The molecular formula is C18H22F3N3O2S. The molecule has 9 heteroatoms. The summed E-state index contributed by atoms with van der Waals surface area (Å²) in [6.45, 7) is 2.79. The van der Waals surface area contributed by atoms with E-state index in [9.17, 15) is 21.6 Å². The third-order valence-electron chi connectivity index (χ3n) is 3.90.